The number of benzene rings is 3. The Balaban J connectivity index is 1.41. The van der Waals surface area contributed by atoms with E-state index in [1.165, 1.54) is 0 Å². The molecule has 1 atom stereocenters. The fourth-order valence-corrected chi connectivity index (χ4v) is 3.26. The number of amides is 2. The smallest absolute Gasteiger partial charge is 0.270 e. The lowest BCUT2D eigenvalue weighted by atomic mass is 10.1. The third-order valence-electron chi connectivity index (χ3n) is 5.02. The van der Waals surface area contributed by atoms with Crippen LogP contribution in [-0.4, -0.2) is 18.4 Å². The molecule has 1 heterocycles. The van der Waals surface area contributed by atoms with Gasteiger partial charge in [0, 0.05) is 11.3 Å². The van der Waals surface area contributed by atoms with E-state index in [4.69, 9.17) is 9.47 Å². The van der Waals surface area contributed by atoms with Crippen LogP contribution in [0.25, 0.3) is 0 Å². The monoisotopic (exact) mass is 402 g/mol. The number of aryl methyl sites for hydroxylation is 1. The summed E-state index contributed by atoms with van der Waals surface area (Å²) < 4.78 is 11.5. The van der Waals surface area contributed by atoms with Crippen molar-refractivity contribution in [2.45, 2.75) is 20.0 Å². The average Bonchev–Trinajstić information content (AvgIpc) is 2.75. The summed E-state index contributed by atoms with van der Waals surface area (Å²) in [6.45, 7) is 3.84. The van der Waals surface area contributed by atoms with Crippen LogP contribution in [0.3, 0.4) is 0 Å². The van der Waals surface area contributed by atoms with Gasteiger partial charge in [0.15, 0.2) is 6.61 Å². The predicted molar refractivity (Wildman–Crippen MR) is 115 cm³/mol. The number of ether oxygens (including phenoxy) is 2. The molecule has 3 aromatic carbocycles. The van der Waals surface area contributed by atoms with E-state index in [0.717, 1.165) is 16.7 Å². The predicted octanol–water partition coefficient (Wildman–Crippen LogP) is 4.39. The minimum Gasteiger partial charge on any atom is -0.483 e. The number of rotatable bonds is 5. The van der Waals surface area contributed by atoms with Crippen LogP contribution in [0, 0.1) is 13.8 Å². The van der Waals surface area contributed by atoms with E-state index >= 15 is 0 Å². The molecule has 4 rings (SSSR count). The van der Waals surface area contributed by atoms with Crippen LogP contribution in [0.4, 0.5) is 11.4 Å². The van der Waals surface area contributed by atoms with Gasteiger partial charge in [0.05, 0.1) is 5.69 Å². The first-order chi connectivity index (χ1) is 14.5. The molecule has 1 aliphatic heterocycles. The van der Waals surface area contributed by atoms with Gasteiger partial charge in [0.2, 0.25) is 6.10 Å². The summed E-state index contributed by atoms with van der Waals surface area (Å²) in [5, 5.41) is 5.63. The normalized spacial score (nSPS) is 14.9. The molecule has 6 nitrogen and oxygen atoms in total. The van der Waals surface area contributed by atoms with Crippen LogP contribution >= 0.6 is 0 Å². The first kappa shape index (κ1) is 19.5. The van der Waals surface area contributed by atoms with E-state index in [0.29, 0.717) is 22.9 Å². The van der Waals surface area contributed by atoms with Gasteiger partial charge < -0.3 is 20.1 Å². The van der Waals surface area contributed by atoms with Gasteiger partial charge >= 0.3 is 0 Å². The molecular formula is C24H22N2O4. The number of hydrogen-bond donors (Lipinski definition) is 2. The maximum atomic E-state index is 12.5. The van der Waals surface area contributed by atoms with Crippen molar-refractivity contribution in [3.05, 3.63) is 83.4 Å². The molecule has 6 heteroatoms. The van der Waals surface area contributed by atoms with Crippen molar-refractivity contribution in [1.82, 2.24) is 0 Å². The van der Waals surface area contributed by atoms with Crippen LogP contribution in [0.1, 0.15) is 22.8 Å². The van der Waals surface area contributed by atoms with Crippen LogP contribution in [0.15, 0.2) is 66.7 Å². The van der Waals surface area contributed by atoms with Gasteiger partial charge in [-0.25, -0.2) is 0 Å². The highest BCUT2D eigenvalue weighted by Gasteiger charge is 2.29. The fourth-order valence-electron chi connectivity index (χ4n) is 3.26. The summed E-state index contributed by atoms with van der Waals surface area (Å²) >= 11 is 0. The summed E-state index contributed by atoms with van der Waals surface area (Å²) in [6, 6.07) is 20.2. The van der Waals surface area contributed by atoms with Gasteiger partial charge in [-0.15, -0.1) is 0 Å². The Morgan fingerprint density at radius 1 is 1.07 bits per heavy atom. The van der Waals surface area contributed by atoms with Crippen LogP contribution in [0.2, 0.25) is 0 Å². The first-order valence-corrected chi connectivity index (χ1v) is 9.66. The number of carbonyl (C=O) groups is 2. The van der Waals surface area contributed by atoms with Crippen LogP contribution in [0.5, 0.6) is 11.5 Å². The number of nitrogens with one attached hydrogen (secondary N) is 2. The van der Waals surface area contributed by atoms with E-state index in [9.17, 15) is 9.59 Å². The second-order valence-electron chi connectivity index (χ2n) is 7.14. The third kappa shape index (κ3) is 4.12. The second-order valence-corrected chi connectivity index (χ2v) is 7.14. The minimum absolute atomic E-state index is 0.111. The molecule has 0 aromatic heterocycles. The molecule has 0 radical (unpaired) electrons. The largest absolute Gasteiger partial charge is 0.483 e. The van der Waals surface area contributed by atoms with Gasteiger partial charge in [0.1, 0.15) is 11.5 Å². The Kier molecular flexibility index (Phi) is 5.39. The summed E-state index contributed by atoms with van der Waals surface area (Å²) in [5.74, 6) is 0.688. The molecule has 0 aliphatic carbocycles. The van der Waals surface area contributed by atoms with Crippen LogP contribution in [-0.2, 0) is 9.59 Å². The maximum Gasteiger partial charge on any atom is 0.270 e. The average molecular weight is 402 g/mol. The summed E-state index contributed by atoms with van der Waals surface area (Å²) in [7, 11) is 0. The minimum atomic E-state index is -0.704. The Morgan fingerprint density at radius 3 is 2.67 bits per heavy atom. The van der Waals surface area contributed by atoms with Crippen molar-refractivity contribution in [2.75, 3.05) is 17.2 Å². The van der Waals surface area contributed by atoms with Crippen molar-refractivity contribution in [3.8, 4) is 11.5 Å². The quantitative estimate of drug-likeness (QED) is 0.664. The Hall–Kier alpha value is -3.80. The van der Waals surface area contributed by atoms with Gasteiger partial charge in [-0.2, -0.15) is 0 Å². The molecule has 0 saturated carbocycles. The molecule has 2 amide bonds. The Labute approximate surface area is 174 Å². The first-order valence-electron chi connectivity index (χ1n) is 9.66. The molecule has 0 fully saturated rings. The molecule has 3 aromatic rings. The van der Waals surface area contributed by atoms with Crippen molar-refractivity contribution in [2.24, 2.45) is 0 Å². The second kappa shape index (κ2) is 8.29. The zero-order valence-electron chi connectivity index (χ0n) is 16.8. The van der Waals surface area contributed by atoms with E-state index in [2.05, 4.69) is 10.6 Å². The molecule has 1 unspecified atom stereocenters. The molecule has 0 spiro atoms. The molecule has 152 valence electrons. The molecule has 0 bridgehead atoms. The van der Waals surface area contributed by atoms with Gasteiger partial charge in [-0.3, -0.25) is 9.59 Å². The summed E-state index contributed by atoms with van der Waals surface area (Å²) in [6.07, 6.45) is -0.704. The standard InChI is InChI=1S/C24H22N2O4/c1-15-7-6-10-20(16(15)2)29-14-22(27)25-18-11-12-21-19(13-18)26-24(28)23(30-21)17-8-4-3-5-9-17/h3-13,23H,14H2,1-2H3,(H,25,27)(H,26,28). The molecule has 1 aliphatic rings. The van der Waals surface area contributed by atoms with Crippen LogP contribution < -0.4 is 20.1 Å². The molecule has 30 heavy (non-hydrogen) atoms. The van der Waals surface area contributed by atoms with Gasteiger partial charge in [-0.1, -0.05) is 42.5 Å². The van der Waals surface area contributed by atoms with Crippen molar-refractivity contribution in [3.63, 3.8) is 0 Å². The van der Waals surface area contributed by atoms with Crippen molar-refractivity contribution >= 4 is 23.2 Å². The zero-order chi connectivity index (χ0) is 21.1. The maximum absolute atomic E-state index is 12.5. The highest BCUT2D eigenvalue weighted by molar-refractivity contribution is 6.00. The summed E-state index contributed by atoms with van der Waals surface area (Å²) in [4.78, 5) is 24.8. The highest BCUT2D eigenvalue weighted by Crippen LogP contribution is 2.36. The fraction of sp³-hybridized carbons (Fsp3) is 0.167. The van der Waals surface area contributed by atoms with E-state index in [1.54, 1.807) is 18.2 Å². The molecule has 2 N–H and O–H groups in total. The zero-order valence-corrected chi connectivity index (χ0v) is 16.8. The molecule has 0 saturated heterocycles. The SMILES string of the molecule is Cc1cccc(OCC(=O)Nc2ccc3c(c2)NC(=O)C(c2ccccc2)O3)c1C. The Morgan fingerprint density at radius 2 is 1.87 bits per heavy atom. The van der Waals surface area contributed by atoms with E-state index in [-0.39, 0.29) is 18.4 Å². The van der Waals surface area contributed by atoms with E-state index in [1.807, 2.05) is 62.4 Å². The topological polar surface area (TPSA) is 76.7 Å². The van der Waals surface area contributed by atoms with Crippen molar-refractivity contribution in [1.29, 1.82) is 0 Å². The molecular weight excluding hydrogens is 380 g/mol. The van der Waals surface area contributed by atoms with Crippen molar-refractivity contribution < 1.29 is 19.1 Å². The number of anilines is 2. The number of carbonyl (C=O) groups excluding carboxylic acids is 2. The lowest BCUT2D eigenvalue weighted by Gasteiger charge is -2.26. The number of fused-ring (bicyclic) bond motifs is 1. The van der Waals surface area contributed by atoms with Gasteiger partial charge in [-0.05, 0) is 49.2 Å². The third-order valence-corrected chi connectivity index (χ3v) is 5.02. The lowest BCUT2D eigenvalue weighted by Crippen LogP contribution is -2.30. The van der Waals surface area contributed by atoms with Gasteiger partial charge in [0.25, 0.3) is 11.8 Å². The summed E-state index contributed by atoms with van der Waals surface area (Å²) in [5.41, 5.74) is 3.95. The Bertz CT molecular complexity index is 1100. The lowest BCUT2D eigenvalue weighted by molar-refractivity contribution is -0.123. The van der Waals surface area contributed by atoms with E-state index < -0.39 is 6.10 Å². The number of hydrogen-bond acceptors (Lipinski definition) is 4. The highest BCUT2D eigenvalue weighted by atomic mass is 16.5.